The number of nitrogens with zero attached hydrogens (tertiary/aromatic N) is 1. The average Bonchev–Trinajstić information content (AvgIpc) is 2.41. The Morgan fingerprint density at radius 1 is 1.17 bits per heavy atom. The van der Waals surface area contributed by atoms with Crippen LogP contribution >= 0.6 is 0 Å². The Bertz CT molecular complexity index is 546. The predicted molar refractivity (Wildman–Crippen MR) is 65.6 cm³/mol. The number of hydrogen-bond donors (Lipinski definition) is 3. The van der Waals surface area contributed by atoms with Crippen molar-refractivity contribution in [2.24, 2.45) is 0 Å². The lowest BCUT2D eigenvalue weighted by molar-refractivity contribution is 0.282. The van der Waals surface area contributed by atoms with Gasteiger partial charge in [0.1, 0.15) is 5.82 Å². The number of aliphatic hydroxyl groups is 1. The highest BCUT2D eigenvalue weighted by atomic mass is 19.1. The van der Waals surface area contributed by atoms with Crippen molar-refractivity contribution in [1.82, 2.24) is 4.98 Å². The van der Waals surface area contributed by atoms with Gasteiger partial charge in [0.15, 0.2) is 11.6 Å². The maximum absolute atomic E-state index is 13.1. The number of phenols is 1. The van der Waals surface area contributed by atoms with Crippen LogP contribution in [-0.4, -0.2) is 15.2 Å². The van der Waals surface area contributed by atoms with Gasteiger partial charge in [-0.3, -0.25) is 0 Å². The van der Waals surface area contributed by atoms with E-state index in [4.69, 9.17) is 5.11 Å². The Balaban J connectivity index is 2.14. The average molecular weight is 248 g/mol. The third-order valence-corrected chi connectivity index (χ3v) is 2.58. The van der Waals surface area contributed by atoms with Crippen LogP contribution in [0.1, 0.15) is 11.1 Å². The number of pyridine rings is 1. The molecule has 0 saturated heterocycles. The van der Waals surface area contributed by atoms with E-state index in [1.807, 2.05) is 0 Å². The van der Waals surface area contributed by atoms with Crippen LogP contribution in [0.25, 0.3) is 0 Å². The lowest BCUT2D eigenvalue weighted by Crippen LogP contribution is -2.05. The second-order valence-electron chi connectivity index (χ2n) is 3.77. The van der Waals surface area contributed by atoms with Crippen molar-refractivity contribution in [3.63, 3.8) is 0 Å². The first-order valence-electron chi connectivity index (χ1n) is 5.47. The van der Waals surface area contributed by atoms with E-state index in [0.29, 0.717) is 16.9 Å². The van der Waals surface area contributed by atoms with Gasteiger partial charge in [0.05, 0.1) is 6.61 Å². The number of hydrogen-bond acceptors (Lipinski definition) is 4. The van der Waals surface area contributed by atoms with Crippen molar-refractivity contribution < 1.29 is 14.6 Å². The molecule has 0 spiro atoms. The van der Waals surface area contributed by atoms with Gasteiger partial charge in [0.2, 0.25) is 0 Å². The Morgan fingerprint density at radius 2 is 1.94 bits per heavy atom. The SMILES string of the molecule is OCc1cccnc1NCc1cccc(F)c1O. The number of anilines is 1. The van der Waals surface area contributed by atoms with Gasteiger partial charge in [0, 0.05) is 23.9 Å². The Kier molecular flexibility index (Phi) is 3.74. The Labute approximate surface area is 104 Å². The smallest absolute Gasteiger partial charge is 0.165 e. The summed E-state index contributed by atoms with van der Waals surface area (Å²) in [6.07, 6.45) is 1.59. The first kappa shape index (κ1) is 12.3. The minimum atomic E-state index is -0.655. The van der Waals surface area contributed by atoms with Gasteiger partial charge >= 0.3 is 0 Å². The summed E-state index contributed by atoms with van der Waals surface area (Å²) in [6.45, 7) is 0.0961. The van der Waals surface area contributed by atoms with E-state index >= 15 is 0 Å². The molecule has 18 heavy (non-hydrogen) atoms. The van der Waals surface area contributed by atoms with Gasteiger partial charge in [-0.05, 0) is 12.1 Å². The van der Waals surface area contributed by atoms with Crippen molar-refractivity contribution in [1.29, 1.82) is 0 Å². The number of para-hydroxylation sites is 1. The van der Waals surface area contributed by atoms with Crippen molar-refractivity contribution in [2.45, 2.75) is 13.2 Å². The molecule has 2 aromatic rings. The Hall–Kier alpha value is -2.14. The standard InChI is InChI=1S/C13H13FN2O2/c14-11-5-1-3-9(12(11)18)7-16-13-10(8-17)4-2-6-15-13/h1-6,17-18H,7-8H2,(H,15,16). The molecule has 0 atom stereocenters. The Morgan fingerprint density at radius 3 is 2.72 bits per heavy atom. The lowest BCUT2D eigenvalue weighted by Gasteiger charge is -2.10. The van der Waals surface area contributed by atoms with E-state index in [1.165, 1.54) is 12.1 Å². The molecule has 0 unspecified atom stereocenters. The van der Waals surface area contributed by atoms with E-state index in [1.54, 1.807) is 24.4 Å². The highest BCUT2D eigenvalue weighted by Gasteiger charge is 2.07. The largest absolute Gasteiger partial charge is 0.505 e. The summed E-state index contributed by atoms with van der Waals surface area (Å²) < 4.78 is 13.1. The fourth-order valence-electron chi connectivity index (χ4n) is 1.61. The number of aliphatic hydroxyl groups excluding tert-OH is 1. The van der Waals surface area contributed by atoms with Crippen LogP contribution in [0, 0.1) is 5.82 Å². The molecular formula is C13H13FN2O2. The molecule has 5 heteroatoms. The van der Waals surface area contributed by atoms with E-state index in [2.05, 4.69) is 10.3 Å². The summed E-state index contributed by atoms with van der Waals surface area (Å²) in [5.41, 5.74) is 1.08. The number of aromatic hydroxyl groups is 1. The molecule has 0 bridgehead atoms. The molecule has 0 saturated carbocycles. The van der Waals surface area contributed by atoms with Crippen LogP contribution in [0.5, 0.6) is 5.75 Å². The van der Waals surface area contributed by atoms with E-state index in [-0.39, 0.29) is 18.9 Å². The molecule has 0 radical (unpaired) electrons. The molecule has 0 aliphatic rings. The van der Waals surface area contributed by atoms with E-state index in [9.17, 15) is 9.50 Å². The zero-order valence-electron chi connectivity index (χ0n) is 9.60. The summed E-state index contributed by atoms with van der Waals surface area (Å²) in [4.78, 5) is 4.07. The zero-order valence-corrected chi connectivity index (χ0v) is 9.60. The first-order chi connectivity index (χ1) is 8.72. The second kappa shape index (κ2) is 5.46. The normalized spacial score (nSPS) is 10.3. The fourth-order valence-corrected chi connectivity index (χ4v) is 1.61. The minimum Gasteiger partial charge on any atom is -0.505 e. The molecule has 0 aliphatic heterocycles. The summed E-state index contributed by atoms with van der Waals surface area (Å²) >= 11 is 0. The number of nitrogens with one attached hydrogen (secondary N) is 1. The third-order valence-electron chi connectivity index (χ3n) is 2.58. The van der Waals surface area contributed by atoms with Gasteiger partial charge < -0.3 is 15.5 Å². The molecule has 2 rings (SSSR count). The maximum Gasteiger partial charge on any atom is 0.165 e. The van der Waals surface area contributed by atoms with Gasteiger partial charge in [-0.2, -0.15) is 0 Å². The number of aromatic nitrogens is 1. The summed E-state index contributed by atoms with van der Waals surface area (Å²) in [6, 6.07) is 7.79. The minimum absolute atomic E-state index is 0.134. The van der Waals surface area contributed by atoms with Gasteiger partial charge in [0.25, 0.3) is 0 Å². The van der Waals surface area contributed by atoms with Crippen molar-refractivity contribution in [3.05, 3.63) is 53.5 Å². The molecule has 94 valence electrons. The van der Waals surface area contributed by atoms with Crippen LogP contribution in [0.15, 0.2) is 36.5 Å². The van der Waals surface area contributed by atoms with Gasteiger partial charge in [-0.25, -0.2) is 9.37 Å². The molecule has 0 amide bonds. The van der Waals surface area contributed by atoms with Crippen molar-refractivity contribution in [2.75, 3.05) is 5.32 Å². The third kappa shape index (κ3) is 2.57. The van der Waals surface area contributed by atoms with Crippen LogP contribution < -0.4 is 5.32 Å². The summed E-state index contributed by atoms with van der Waals surface area (Å²) in [7, 11) is 0. The van der Waals surface area contributed by atoms with Crippen LogP contribution in [-0.2, 0) is 13.2 Å². The van der Waals surface area contributed by atoms with Crippen LogP contribution in [0.4, 0.5) is 10.2 Å². The lowest BCUT2D eigenvalue weighted by atomic mass is 10.2. The molecule has 1 aromatic heterocycles. The van der Waals surface area contributed by atoms with Crippen molar-refractivity contribution in [3.8, 4) is 5.75 Å². The van der Waals surface area contributed by atoms with Crippen LogP contribution in [0.3, 0.4) is 0 Å². The van der Waals surface area contributed by atoms with Gasteiger partial charge in [-0.15, -0.1) is 0 Å². The quantitative estimate of drug-likeness (QED) is 0.774. The number of benzene rings is 1. The molecule has 0 aliphatic carbocycles. The summed E-state index contributed by atoms with van der Waals surface area (Å²) in [5.74, 6) is -0.507. The van der Waals surface area contributed by atoms with Crippen LogP contribution in [0.2, 0.25) is 0 Å². The molecule has 4 nitrogen and oxygen atoms in total. The molecule has 1 aromatic carbocycles. The molecular weight excluding hydrogens is 235 g/mol. The first-order valence-corrected chi connectivity index (χ1v) is 5.47. The highest BCUT2D eigenvalue weighted by Crippen LogP contribution is 2.22. The molecule has 3 N–H and O–H groups in total. The molecule has 0 fully saturated rings. The number of phenolic OH excluding ortho intramolecular Hbond substituents is 1. The highest BCUT2D eigenvalue weighted by molar-refractivity contribution is 5.45. The van der Waals surface area contributed by atoms with Crippen molar-refractivity contribution >= 4 is 5.82 Å². The predicted octanol–water partition coefficient (Wildman–Crippen LogP) is 2.03. The maximum atomic E-state index is 13.1. The second-order valence-corrected chi connectivity index (χ2v) is 3.77. The molecule has 1 heterocycles. The topological polar surface area (TPSA) is 65.4 Å². The monoisotopic (exact) mass is 248 g/mol. The summed E-state index contributed by atoms with van der Waals surface area (Å²) in [5, 5.41) is 21.6. The van der Waals surface area contributed by atoms with E-state index in [0.717, 1.165) is 0 Å². The number of rotatable bonds is 4. The number of halogens is 1. The fraction of sp³-hybridized carbons (Fsp3) is 0.154. The van der Waals surface area contributed by atoms with E-state index < -0.39 is 5.82 Å². The zero-order chi connectivity index (χ0) is 13.0. The van der Waals surface area contributed by atoms with Gasteiger partial charge in [-0.1, -0.05) is 18.2 Å².